The van der Waals surface area contributed by atoms with E-state index in [4.69, 9.17) is 4.74 Å². The summed E-state index contributed by atoms with van der Waals surface area (Å²) in [5, 5.41) is 2.66. The lowest BCUT2D eigenvalue weighted by Crippen LogP contribution is -2.23. The van der Waals surface area contributed by atoms with Crippen molar-refractivity contribution in [2.75, 3.05) is 23.4 Å². The number of carbonyl (C=O) groups is 2. The summed E-state index contributed by atoms with van der Waals surface area (Å²) < 4.78 is 27.6. The van der Waals surface area contributed by atoms with Gasteiger partial charge in [0, 0.05) is 5.69 Å². The average molecular weight is 311 g/mol. The molecule has 0 aliphatic carbocycles. The lowest BCUT2D eigenvalue weighted by molar-refractivity contribution is -0.119. The Bertz CT molecular complexity index is 636. The molecular formula is C14H17NO5S. The number of amides is 1. The zero-order chi connectivity index (χ0) is 15.5. The normalized spacial score (nSPS) is 20.0. The van der Waals surface area contributed by atoms with Gasteiger partial charge in [-0.3, -0.25) is 4.79 Å². The lowest BCUT2D eigenvalue weighted by atomic mass is 10.1. The first kappa shape index (κ1) is 15.5. The molecule has 1 atom stereocenters. The second kappa shape index (κ2) is 6.26. The largest absolute Gasteiger partial charge is 0.462 e. The number of benzene rings is 1. The van der Waals surface area contributed by atoms with Gasteiger partial charge in [0.2, 0.25) is 5.91 Å². The molecule has 0 aromatic heterocycles. The Morgan fingerprint density at radius 2 is 1.95 bits per heavy atom. The van der Waals surface area contributed by atoms with Crippen molar-refractivity contribution in [3.05, 3.63) is 29.8 Å². The van der Waals surface area contributed by atoms with E-state index in [1.54, 1.807) is 31.2 Å². The Labute approximate surface area is 123 Å². The van der Waals surface area contributed by atoms with Gasteiger partial charge in [0.25, 0.3) is 0 Å². The molecule has 1 amide bonds. The zero-order valence-electron chi connectivity index (χ0n) is 11.7. The van der Waals surface area contributed by atoms with Crippen LogP contribution < -0.4 is 5.32 Å². The number of rotatable bonds is 4. The summed E-state index contributed by atoms with van der Waals surface area (Å²) in [6.45, 7) is 2.02. The Hall–Kier alpha value is -1.89. The number of ether oxygens (including phenoxy) is 1. The van der Waals surface area contributed by atoms with Crippen molar-refractivity contribution in [2.24, 2.45) is 5.92 Å². The topological polar surface area (TPSA) is 89.5 Å². The van der Waals surface area contributed by atoms with E-state index in [9.17, 15) is 18.0 Å². The predicted octanol–water partition coefficient (Wildman–Crippen LogP) is 1.24. The molecule has 1 fully saturated rings. The molecular weight excluding hydrogens is 294 g/mol. The number of hydrogen-bond acceptors (Lipinski definition) is 5. The van der Waals surface area contributed by atoms with Gasteiger partial charge in [0.1, 0.15) is 0 Å². The molecule has 1 aliphatic rings. The van der Waals surface area contributed by atoms with E-state index in [1.165, 1.54) is 0 Å². The summed E-state index contributed by atoms with van der Waals surface area (Å²) in [4.78, 5) is 23.4. The first-order valence-corrected chi connectivity index (χ1v) is 8.52. The van der Waals surface area contributed by atoms with Crippen LogP contribution in [-0.4, -0.2) is 38.4 Å². The molecule has 1 N–H and O–H groups in total. The van der Waals surface area contributed by atoms with Crippen LogP contribution in [0.2, 0.25) is 0 Å². The molecule has 114 valence electrons. The maximum absolute atomic E-state index is 12.0. The number of esters is 1. The zero-order valence-corrected chi connectivity index (χ0v) is 12.5. The van der Waals surface area contributed by atoms with Gasteiger partial charge in [-0.05, 0) is 37.6 Å². The van der Waals surface area contributed by atoms with Crippen LogP contribution in [0.4, 0.5) is 5.69 Å². The molecule has 2 rings (SSSR count). The second-order valence-electron chi connectivity index (χ2n) is 4.89. The van der Waals surface area contributed by atoms with Crippen LogP contribution in [0, 0.1) is 5.92 Å². The number of hydrogen-bond donors (Lipinski definition) is 1. The molecule has 1 heterocycles. The number of carbonyl (C=O) groups excluding carboxylic acids is 2. The third-order valence-corrected chi connectivity index (χ3v) is 5.03. The third-order valence-electron chi connectivity index (χ3n) is 3.27. The molecule has 1 unspecified atom stereocenters. The van der Waals surface area contributed by atoms with Crippen molar-refractivity contribution in [3.63, 3.8) is 0 Å². The Morgan fingerprint density at radius 1 is 1.29 bits per heavy atom. The van der Waals surface area contributed by atoms with E-state index in [0.29, 0.717) is 24.3 Å². The maximum atomic E-state index is 12.0. The van der Waals surface area contributed by atoms with Crippen LogP contribution >= 0.6 is 0 Å². The highest BCUT2D eigenvalue weighted by atomic mass is 32.2. The minimum absolute atomic E-state index is 0.0624. The molecule has 1 aromatic carbocycles. The van der Waals surface area contributed by atoms with Crippen LogP contribution in [0.3, 0.4) is 0 Å². The third kappa shape index (κ3) is 4.04. The molecule has 7 heteroatoms. The van der Waals surface area contributed by atoms with Crippen molar-refractivity contribution in [2.45, 2.75) is 13.3 Å². The van der Waals surface area contributed by atoms with E-state index >= 15 is 0 Å². The molecule has 0 radical (unpaired) electrons. The van der Waals surface area contributed by atoms with Crippen LogP contribution in [0.1, 0.15) is 23.7 Å². The minimum atomic E-state index is -3.08. The Kier molecular flexibility index (Phi) is 4.62. The summed E-state index contributed by atoms with van der Waals surface area (Å²) in [6, 6.07) is 6.29. The van der Waals surface area contributed by atoms with Gasteiger partial charge < -0.3 is 10.1 Å². The monoisotopic (exact) mass is 311 g/mol. The second-order valence-corrected chi connectivity index (χ2v) is 7.12. The van der Waals surface area contributed by atoms with Gasteiger partial charge >= 0.3 is 5.97 Å². The van der Waals surface area contributed by atoms with E-state index in [-0.39, 0.29) is 17.4 Å². The minimum Gasteiger partial charge on any atom is -0.462 e. The van der Waals surface area contributed by atoms with Crippen LogP contribution in [0.25, 0.3) is 0 Å². The van der Waals surface area contributed by atoms with Gasteiger partial charge in [-0.1, -0.05) is 0 Å². The smallest absolute Gasteiger partial charge is 0.338 e. The highest BCUT2D eigenvalue weighted by Gasteiger charge is 2.32. The van der Waals surface area contributed by atoms with Gasteiger partial charge in [-0.25, -0.2) is 13.2 Å². The van der Waals surface area contributed by atoms with Crippen LogP contribution in [-0.2, 0) is 19.4 Å². The van der Waals surface area contributed by atoms with Crippen molar-refractivity contribution < 1.29 is 22.7 Å². The van der Waals surface area contributed by atoms with Gasteiger partial charge in [0.15, 0.2) is 9.84 Å². The highest BCUT2D eigenvalue weighted by molar-refractivity contribution is 7.91. The van der Waals surface area contributed by atoms with E-state index in [2.05, 4.69) is 5.32 Å². The van der Waals surface area contributed by atoms with Crippen molar-refractivity contribution in [1.29, 1.82) is 0 Å². The Balaban J connectivity index is 1.97. The highest BCUT2D eigenvalue weighted by Crippen LogP contribution is 2.20. The van der Waals surface area contributed by atoms with E-state index in [0.717, 1.165) is 0 Å². The molecule has 1 saturated heterocycles. The molecule has 0 bridgehead atoms. The number of anilines is 1. The summed E-state index contributed by atoms with van der Waals surface area (Å²) in [5.74, 6) is -1.26. The van der Waals surface area contributed by atoms with Gasteiger partial charge in [0.05, 0.1) is 29.6 Å². The SMILES string of the molecule is CCOC(=O)c1ccc(NC(=O)C2CCS(=O)(=O)C2)cc1. The van der Waals surface area contributed by atoms with Gasteiger partial charge in [-0.2, -0.15) is 0 Å². The van der Waals surface area contributed by atoms with Crippen molar-refractivity contribution in [3.8, 4) is 0 Å². The van der Waals surface area contributed by atoms with Crippen molar-refractivity contribution in [1.82, 2.24) is 0 Å². The fourth-order valence-corrected chi connectivity index (χ4v) is 3.89. The summed E-state index contributed by atoms with van der Waals surface area (Å²) in [6.07, 6.45) is 0.356. The fraction of sp³-hybridized carbons (Fsp3) is 0.429. The molecule has 6 nitrogen and oxygen atoms in total. The average Bonchev–Trinajstić information content (AvgIpc) is 2.80. The fourth-order valence-electron chi connectivity index (χ4n) is 2.15. The summed E-state index contributed by atoms with van der Waals surface area (Å²) in [7, 11) is -3.08. The lowest BCUT2D eigenvalue weighted by Gasteiger charge is -2.10. The van der Waals surface area contributed by atoms with E-state index < -0.39 is 21.7 Å². The van der Waals surface area contributed by atoms with Gasteiger partial charge in [-0.15, -0.1) is 0 Å². The predicted molar refractivity (Wildman–Crippen MR) is 77.8 cm³/mol. The summed E-state index contributed by atoms with van der Waals surface area (Å²) >= 11 is 0. The van der Waals surface area contributed by atoms with Crippen LogP contribution in [0.5, 0.6) is 0 Å². The Morgan fingerprint density at radius 3 is 2.48 bits per heavy atom. The van der Waals surface area contributed by atoms with E-state index in [1.807, 2.05) is 0 Å². The standard InChI is InChI=1S/C14H17NO5S/c1-2-20-14(17)10-3-5-12(6-4-10)15-13(16)11-7-8-21(18,19)9-11/h3-6,11H,2,7-9H2,1H3,(H,15,16). The molecule has 0 spiro atoms. The van der Waals surface area contributed by atoms with Crippen molar-refractivity contribution >= 4 is 27.4 Å². The number of sulfone groups is 1. The first-order valence-electron chi connectivity index (χ1n) is 6.70. The molecule has 0 saturated carbocycles. The number of nitrogens with one attached hydrogen (secondary N) is 1. The maximum Gasteiger partial charge on any atom is 0.338 e. The molecule has 1 aliphatic heterocycles. The summed E-state index contributed by atoms with van der Waals surface area (Å²) in [5.41, 5.74) is 0.927. The quantitative estimate of drug-likeness (QED) is 0.845. The van der Waals surface area contributed by atoms with Crippen LogP contribution in [0.15, 0.2) is 24.3 Å². The first-order chi connectivity index (χ1) is 9.91. The molecule has 21 heavy (non-hydrogen) atoms. The molecule has 1 aromatic rings.